The second-order valence-electron chi connectivity index (χ2n) is 11.4. The zero-order chi connectivity index (χ0) is 31.8. The zero-order valence-corrected chi connectivity index (χ0v) is 25.4. The SMILES string of the molecule is C=CC(=O)N1C2CCC1CC(Oc1cc3c(Nc4ccc(Oc5ccn(-c6ccc(C)nc6)n5)cc4F)ncnc3cc1OC)C2. The van der Waals surface area contributed by atoms with E-state index in [-0.39, 0.29) is 35.5 Å². The lowest BCUT2D eigenvalue weighted by Crippen LogP contribution is -2.48. The maximum atomic E-state index is 15.3. The van der Waals surface area contributed by atoms with E-state index in [0.717, 1.165) is 37.1 Å². The van der Waals surface area contributed by atoms with Crippen molar-refractivity contribution in [1.82, 2.24) is 29.6 Å². The van der Waals surface area contributed by atoms with Crippen LogP contribution in [-0.2, 0) is 4.79 Å². The number of amides is 1. The number of aromatic nitrogens is 5. The van der Waals surface area contributed by atoms with Crippen LogP contribution in [0.25, 0.3) is 16.6 Å². The van der Waals surface area contributed by atoms with E-state index in [1.54, 1.807) is 48.5 Å². The number of hydrogen-bond acceptors (Lipinski definition) is 9. The van der Waals surface area contributed by atoms with Crippen molar-refractivity contribution in [2.75, 3.05) is 12.4 Å². The minimum absolute atomic E-state index is 0.0272. The van der Waals surface area contributed by atoms with Crippen LogP contribution in [0.1, 0.15) is 31.4 Å². The van der Waals surface area contributed by atoms with Gasteiger partial charge in [-0.05, 0) is 56.2 Å². The fourth-order valence-corrected chi connectivity index (χ4v) is 6.29. The van der Waals surface area contributed by atoms with Gasteiger partial charge in [0.2, 0.25) is 11.8 Å². The first-order valence-corrected chi connectivity index (χ1v) is 15.1. The molecular formula is C34H32FN7O4. The number of carbonyl (C=O) groups is 1. The van der Waals surface area contributed by atoms with Crippen LogP contribution in [0.15, 0.2) is 79.9 Å². The number of anilines is 2. The molecule has 12 heteroatoms. The Balaban J connectivity index is 1.09. The molecule has 5 heterocycles. The van der Waals surface area contributed by atoms with Gasteiger partial charge in [0.25, 0.3) is 0 Å². The Kier molecular flexibility index (Phi) is 7.69. The highest BCUT2D eigenvalue weighted by molar-refractivity contribution is 5.93. The first kappa shape index (κ1) is 29.2. The van der Waals surface area contributed by atoms with Gasteiger partial charge in [-0.2, -0.15) is 0 Å². The van der Waals surface area contributed by atoms with Gasteiger partial charge in [-0.15, -0.1) is 5.10 Å². The molecule has 7 rings (SSSR count). The minimum atomic E-state index is -0.535. The summed E-state index contributed by atoms with van der Waals surface area (Å²) < 4.78 is 34.9. The molecule has 2 saturated heterocycles. The molecule has 2 aliphatic heterocycles. The van der Waals surface area contributed by atoms with E-state index in [2.05, 4.69) is 31.9 Å². The summed E-state index contributed by atoms with van der Waals surface area (Å²) >= 11 is 0. The number of carbonyl (C=O) groups excluding carboxylic acids is 1. The van der Waals surface area contributed by atoms with Crippen LogP contribution in [0.2, 0.25) is 0 Å². The predicted molar refractivity (Wildman–Crippen MR) is 169 cm³/mol. The highest BCUT2D eigenvalue weighted by Gasteiger charge is 2.43. The molecule has 11 nitrogen and oxygen atoms in total. The summed E-state index contributed by atoms with van der Waals surface area (Å²) in [5.74, 6) is 1.51. The van der Waals surface area contributed by atoms with Gasteiger partial charge >= 0.3 is 0 Å². The number of piperidine rings is 1. The molecule has 1 amide bonds. The Morgan fingerprint density at radius 2 is 1.87 bits per heavy atom. The van der Waals surface area contributed by atoms with E-state index < -0.39 is 5.82 Å². The maximum absolute atomic E-state index is 15.3. The number of benzene rings is 2. The standard InChI is InChI=1S/C34H32FN7O4/c1-4-33(43)42-21-7-8-22(42)14-25(13-21)45-31-16-26-29(17-30(31)44-3)37-19-38-34(26)39-28-10-9-24(15-27(28)35)46-32-11-12-41(40-32)23-6-5-20(2)36-18-23/h4-6,9-12,15-19,21-22,25H,1,7-8,13-14H2,2-3H3,(H,37,38,39). The number of aryl methyl sites for hydroxylation is 1. The van der Waals surface area contributed by atoms with Crippen molar-refractivity contribution in [1.29, 1.82) is 0 Å². The van der Waals surface area contributed by atoms with Gasteiger partial charge in [0.15, 0.2) is 11.5 Å². The quantitative estimate of drug-likeness (QED) is 0.190. The van der Waals surface area contributed by atoms with Crippen LogP contribution in [0, 0.1) is 12.7 Å². The van der Waals surface area contributed by atoms with E-state index in [1.165, 1.54) is 18.5 Å². The lowest BCUT2D eigenvalue weighted by molar-refractivity contribution is -0.131. The molecule has 2 bridgehead atoms. The monoisotopic (exact) mass is 621 g/mol. The van der Waals surface area contributed by atoms with Crippen LogP contribution < -0.4 is 19.5 Å². The summed E-state index contributed by atoms with van der Waals surface area (Å²) in [5, 5.41) is 8.14. The molecule has 1 N–H and O–H groups in total. The van der Waals surface area contributed by atoms with Crippen LogP contribution in [0.4, 0.5) is 15.9 Å². The van der Waals surface area contributed by atoms with Gasteiger partial charge in [-0.1, -0.05) is 6.58 Å². The van der Waals surface area contributed by atoms with Crippen molar-refractivity contribution in [3.8, 4) is 28.8 Å². The molecule has 2 fully saturated rings. The summed E-state index contributed by atoms with van der Waals surface area (Å²) in [6.45, 7) is 5.57. The van der Waals surface area contributed by atoms with Crippen molar-refractivity contribution in [2.24, 2.45) is 0 Å². The summed E-state index contributed by atoms with van der Waals surface area (Å²) in [5.41, 5.74) is 2.50. The molecule has 0 radical (unpaired) electrons. The Morgan fingerprint density at radius 3 is 2.59 bits per heavy atom. The molecule has 0 spiro atoms. The van der Waals surface area contributed by atoms with Gasteiger partial charge < -0.3 is 24.4 Å². The van der Waals surface area contributed by atoms with Crippen molar-refractivity contribution in [3.63, 3.8) is 0 Å². The van der Waals surface area contributed by atoms with Crippen LogP contribution in [0.5, 0.6) is 23.1 Å². The highest BCUT2D eigenvalue weighted by atomic mass is 19.1. The molecule has 5 aromatic rings. The van der Waals surface area contributed by atoms with Gasteiger partial charge in [0, 0.05) is 60.4 Å². The molecule has 2 unspecified atom stereocenters. The number of methoxy groups -OCH3 is 1. The summed E-state index contributed by atoms with van der Waals surface area (Å²) in [4.78, 5) is 27.4. The van der Waals surface area contributed by atoms with Crippen molar-refractivity contribution < 1.29 is 23.4 Å². The summed E-state index contributed by atoms with van der Waals surface area (Å²) in [7, 11) is 1.58. The number of nitrogens with one attached hydrogen (secondary N) is 1. The first-order valence-electron chi connectivity index (χ1n) is 15.1. The number of halogens is 1. The number of fused-ring (bicyclic) bond motifs is 3. The van der Waals surface area contributed by atoms with Gasteiger partial charge in [0.1, 0.15) is 29.8 Å². The van der Waals surface area contributed by atoms with Gasteiger partial charge in [-0.25, -0.2) is 19.0 Å². The van der Waals surface area contributed by atoms with Crippen molar-refractivity contribution >= 4 is 28.3 Å². The number of nitrogens with zero attached hydrogens (tertiary/aromatic N) is 6. The third-order valence-corrected chi connectivity index (χ3v) is 8.47. The Hall–Kier alpha value is -5.52. The fraction of sp³-hybridized carbons (Fsp3) is 0.265. The maximum Gasteiger partial charge on any atom is 0.246 e. The third-order valence-electron chi connectivity index (χ3n) is 8.47. The van der Waals surface area contributed by atoms with Crippen molar-refractivity contribution in [3.05, 3.63) is 91.4 Å². The molecule has 2 aromatic carbocycles. The van der Waals surface area contributed by atoms with Crippen molar-refractivity contribution in [2.45, 2.75) is 50.8 Å². The number of ether oxygens (including phenoxy) is 3. The molecule has 3 aromatic heterocycles. The zero-order valence-electron chi connectivity index (χ0n) is 25.4. The minimum Gasteiger partial charge on any atom is -0.493 e. The number of rotatable bonds is 9. The molecule has 2 atom stereocenters. The number of hydrogen-bond donors (Lipinski definition) is 1. The predicted octanol–water partition coefficient (Wildman–Crippen LogP) is 6.29. The van der Waals surface area contributed by atoms with Crippen LogP contribution in [-0.4, -0.2) is 60.8 Å². The molecule has 234 valence electrons. The number of pyridine rings is 1. The second kappa shape index (κ2) is 12.1. The second-order valence-corrected chi connectivity index (χ2v) is 11.4. The average molecular weight is 622 g/mol. The third kappa shape index (κ3) is 5.69. The Labute approximate surface area is 264 Å². The molecule has 0 saturated carbocycles. The molecule has 0 aliphatic carbocycles. The summed E-state index contributed by atoms with van der Waals surface area (Å²) in [6, 6.07) is 13.8. The van der Waals surface area contributed by atoms with E-state index >= 15 is 4.39 Å². The smallest absolute Gasteiger partial charge is 0.246 e. The van der Waals surface area contributed by atoms with E-state index in [0.29, 0.717) is 34.1 Å². The van der Waals surface area contributed by atoms with E-state index in [9.17, 15) is 4.79 Å². The molecular weight excluding hydrogens is 589 g/mol. The molecule has 2 aliphatic rings. The lowest BCUT2D eigenvalue weighted by Gasteiger charge is -2.38. The van der Waals surface area contributed by atoms with E-state index in [4.69, 9.17) is 14.2 Å². The topological polar surface area (TPSA) is 117 Å². The lowest BCUT2D eigenvalue weighted by atomic mass is 9.99. The van der Waals surface area contributed by atoms with Crippen LogP contribution >= 0.6 is 0 Å². The first-order chi connectivity index (χ1) is 22.4. The van der Waals surface area contributed by atoms with Gasteiger partial charge in [-0.3, -0.25) is 9.78 Å². The fourth-order valence-electron chi connectivity index (χ4n) is 6.29. The van der Waals surface area contributed by atoms with Crippen LogP contribution in [0.3, 0.4) is 0 Å². The highest BCUT2D eigenvalue weighted by Crippen LogP contribution is 2.41. The normalized spacial score (nSPS) is 18.8. The average Bonchev–Trinajstić information content (AvgIpc) is 3.63. The summed E-state index contributed by atoms with van der Waals surface area (Å²) in [6.07, 6.45) is 9.50. The Morgan fingerprint density at radius 1 is 1.04 bits per heavy atom. The van der Waals surface area contributed by atoms with E-state index in [1.807, 2.05) is 30.0 Å². The largest absolute Gasteiger partial charge is 0.493 e. The molecule has 46 heavy (non-hydrogen) atoms. The van der Waals surface area contributed by atoms with Gasteiger partial charge in [0.05, 0.1) is 30.2 Å². The Bertz CT molecular complexity index is 1920.